The van der Waals surface area contributed by atoms with E-state index in [9.17, 15) is 14.0 Å². The zero-order valence-corrected chi connectivity index (χ0v) is 16.3. The number of nitrogens with one attached hydrogen (secondary N) is 1. The van der Waals surface area contributed by atoms with Crippen molar-refractivity contribution in [2.45, 2.75) is 42.0 Å². The highest BCUT2D eigenvalue weighted by Gasteiger charge is 2.27. The van der Waals surface area contributed by atoms with Gasteiger partial charge in [0, 0.05) is 18.2 Å². The Morgan fingerprint density at radius 1 is 1.42 bits per heavy atom. The molecule has 1 aliphatic heterocycles. The van der Waals surface area contributed by atoms with Crippen molar-refractivity contribution in [2.75, 3.05) is 12.3 Å². The van der Waals surface area contributed by atoms with Gasteiger partial charge < -0.3 is 5.32 Å². The lowest BCUT2D eigenvalue weighted by atomic mass is 10.2. The Morgan fingerprint density at radius 3 is 2.85 bits per heavy atom. The molecule has 2 aromatic rings. The minimum Gasteiger partial charge on any atom is -0.355 e. The molecular weight excluding hydrogens is 373 g/mol. The summed E-state index contributed by atoms with van der Waals surface area (Å²) in [6.07, 6.45) is 1.60. The molecule has 26 heavy (non-hydrogen) atoms. The highest BCUT2D eigenvalue weighted by atomic mass is 32.2. The zero-order chi connectivity index (χ0) is 18.7. The molecule has 1 amide bonds. The van der Waals surface area contributed by atoms with Crippen molar-refractivity contribution in [2.24, 2.45) is 0 Å². The largest absolute Gasteiger partial charge is 0.355 e. The van der Waals surface area contributed by atoms with Gasteiger partial charge in [-0.1, -0.05) is 25.6 Å². The van der Waals surface area contributed by atoms with E-state index in [1.54, 1.807) is 12.1 Å². The van der Waals surface area contributed by atoms with Crippen molar-refractivity contribution in [3.63, 3.8) is 0 Å². The third-order valence-electron chi connectivity index (χ3n) is 3.87. The summed E-state index contributed by atoms with van der Waals surface area (Å²) < 4.78 is 14.8. The Hall–Kier alpha value is -1.80. The molecule has 0 saturated carbocycles. The Bertz CT molecular complexity index is 868. The van der Waals surface area contributed by atoms with E-state index in [1.165, 1.54) is 40.2 Å². The van der Waals surface area contributed by atoms with Gasteiger partial charge in [-0.25, -0.2) is 9.37 Å². The van der Waals surface area contributed by atoms with Crippen molar-refractivity contribution >= 4 is 29.4 Å². The summed E-state index contributed by atoms with van der Waals surface area (Å²) in [5.41, 5.74) is 1.16. The highest BCUT2D eigenvalue weighted by Crippen LogP contribution is 2.34. The van der Waals surface area contributed by atoms with Gasteiger partial charge in [0.15, 0.2) is 5.16 Å². The van der Waals surface area contributed by atoms with E-state index in [2.05, 4.69) is 17.2 Å². The van der Waals surface area contributed by atoms with Gasteiger partial charge in [0.05, 0.1) is 22.0 Å². The average molecular weight is 394 g/mol. The molecule has 0 saturated heterocycles. The lowest BCUT2D eigenvalue weighted by Crippen LogP contribution is -2.27. The molecular formula is C18H20FN3O2S2. The summed E-state index contributed by atoms with van der Waals surface area (Å²) in [5.74, 6) is -0.290. The maximum absolute atomic E-state index is 13.3. The number of hydrogen-bond donors (Lipinski definition) is 1. The normalized spacial score (nSPS) is 15.7. The van der Waals surface area contributed by atoms with Gasteiger partial charge in [0.1, 0.15) is 5.82 Å². The zero-order valence-electron chi connectivity index (χ0n) is 14.6. The number of benzene rings is 1. The van der Waals surface area contributed by atoms with Crippen molar-refractivity contribution in [3.8, 4) is 5.69 Å². The highest BCUT2D eigenvalue weighted by molar-refractivity contribution is 8.00. The molecule has 1 aliphatic rings. The number of carbonyl (C=O) groups is 1. The maximum Gasteiger partial charge on any atom is 0.272 e. The number of halogens is 1. The third kappa shape index (κ3) is 4.12. The van der Waals surface area contributed by atoms with E-state index >= 15 is 0 Å². The quantitative estimate of drug-likeness (QED) is 0.604. The fourth-order valence-electron chi connectivity index (χ4n) is 2.66. The van der Waals surface area contributed by atoms with Crippen LogP contribution in [0.1, 0.15) is 26.0 Å². The molecule has 1 atom stereocenters. The number of fused-ring (bicyclic) bond motifs is 1. The molecule has 2 heterocycles. The second-order valence-electron chi connectivity index (χ2n) is 6.06. The van der Waals surface area contributed by atoms with Gasteiger partial charge in [-0.3, -0.25) is 14.2 Å². The summed E-state index contributed by atoms with van der Waals surface area (Å²) >= 11 is 2.74. The van der Waals surface area contributed by atoms with Gasteiger partial charge in [-0.15, -0.1) is 11.8 Å². The van der Waals surface area contributed by atoms with Crippen molar-refractivity contribution in [3.05, 3.63) is 46.1 Å². The lowest BCUT2D eigenvalue weighted by Gasteiger charge is -2.13. The number of amides is 1. The molecule has 0 aliphatic carbocycles. The van der Waals surface area contributed by atoms with Crippen LogP contribution in [-0.2, 0) is 11.2 Å². The van der Waals surface area contributed by atoms with Crippen LogP contribution in [0, 0.1) is 5.82 Å². The molecule has 1 N–H and O–H groups in total. The Balaban J connectivity index is 1.98. The second kappa shape index (κ2) is 8.26. The topological polar surface area (TPSA) is 64.0 Å². The van der Waals surface area contributed by atoms with Crippen molar-refractivity contribution in [1.29, 1.82) is 0 Å². The first-order chi connectivity index (χ1) is 12.5. The van der Waals surface area contributed by atoms with Crippen molar-refractivity contribution in [1.82, 2.24) is 14.9 Å². The molecule has 0 radical (unpaired) electrons. The molecule has 0 fully saturated rings. The number of aromatic nitrogens is 2. The lowest BCUT2D eigenvalue weighted by molar-refractivity contribution is -0.118. The predicted molar refractivity (Wildman–Crippen MR) is 103 cm³/mol. The van der Waals surface area contributed by atoms with E-state index in [1.807, 2.05) is 6.92 Å². The minimum absolute atomic E-state index is 0.0972. The van der Waals surface area contributed by atoms with E-state index in [0.717, 1.165) is 18.5 Å². The number of rotatable bonds is 6. The van der Waals surface area contributed by atoms with Crippen LogP contribution in [0.2, 0.25) is 0 Å². The van der Waals surface area contributed by atoms with E-state index in [4.69, 9.17) is 0 Å². The molecule has 8 heteroatoms. The van der Waals surface area contributed by atoms with Crippen molar-refractivity contribution < 1.29 is 9.18 Å². The molecule has 138 valence electrons. The molecule has 5 nitrogen and oxygen atoms in total. The van der Waals surface area contributed by atoms with Gasteiger partial charge in [0.2, 0.25) is 5.91 Å². The summed E-state index contributed by atoms with van der Waals surface area (Å²) in [4.78, 5) is 30.2. The standard InChI is InChI=1S/C18H20FN3O2S2/c1-3-8-20-15(23)10-25-18-21-14-9-11(2)26-16(14)17(24)22(18)13-6-4-12(19)5-7-13/h4-7,11H,3,8-10H2,1-2H3,(H,20,23). The average Bonchev–Trinajstić information content (AvgIpc) is 3.00. The van der Waals surface area contributed by atoms with Gasteiger partial charge >= 0.3 is 0 Å². The molecule has 1 aromatic heterocycles. The first-order valence-corrected chi connectivity index (χ1v) is 10.3. The van der Waals surface area contributed by atoms with Crippen LogP contribution >= 0.6 is 23.5 Å². The third-order valence-corrected chi connectivity index (χ3v) is 6.02. The fourth-order valence-corrected chi connectivity index (χ4v) is 4.62. The molecule has 3 rings (SSSR count). The van der Waals surface area contributed by atoms with Gasteiger partial charge in [0.25, 0.3) is 5.56 Å². The van der Waals surface area contributed by atoms with Crippen LogP contribution in [0.5, 0.6) is 0 Å². The first kappa shape index (κ1) is 19.0. The van der Waals surface area contributed by atoms with Gasteiger partial charge in [-0.2, -0.15) is 0 Å². The molecule has 0 bridgehead atoms. The first-order valence-electron chi connectivity index (χ1n) is 8.47. The van der Waals surface area contributed by atoms with Gasteiger partial charge in [-0.05, 0) is 30.7 Å². The Labute approximate surface area is 159 Å². The van der Waals surface area contributed by atoms with E-state index in [0.29, 0.717) is 27.5 Å². The second-order valence-corrected chi connectivity index (χ2v) is 8.45. The number of hydrogen-bond acceptors (Lipinski definition) is 5. The Kier molecular flexibility index (Phi) is 6.03. The smallest absolute Gasteiger partial charge is 0.272 e. The SMILES string of the molecule is CCCNC(=O)CSc1nc2c(c(=O)n1-c1ccc(F)cc1)SC(C)C2. The van der Waals surface area contributed by atoms with Crippen LogP contribution in [0.3, 0.4) is 0 Å². The number of carbonyl (C=O) groups excluding carboxylic acids is 1. The summed E-state index contributed by atoms with van der Waals surface area (Å²) in [6, 6.07) is 5.73. The summed E-state index contributed by atoms with van der Waals surface area (Å²) in [6.45, 7) is 4.66. The Morgan fingerprint density at radius 2 is 2.15 bits per heavy atom. The molecule has 1 aromatic carbocycles. The fraction of sp³-hybridized carbons (Fsp3) is 0.389. The van der Waals surface area contributed by atoms with Crippen LogP contribution < -0.4 is 10.9 Å². The molecule has 1 unspecified atom stereocenters. The van der Waals surface area contributed by atoms with E-state index in [-0.39, 0.29) is 23.0 Å². The number of nitrogens with zero attached hydrogens (tertiary/aromatic N) is 2. The van der Waals surface area contributed by atoms with Crippen LogP contribution in [0.25, 0.3) is 5.69 Å². The predicted octanol–water partition coefficient (Wildman–Crippen LogP) is 3.03. The van der Waals surface area contributed by atoms with Crippen LogP contribution in [-0.4, -0.2) is 33.0 Å². The maximum atomic E-state index is 13.3. The van der Waals surface area contributed by atoms with E-state index < -0.39 is 0 Å². The summed E-state index contributed by atoms with van der Waals surface area (Å²) in [5, 5.41) is 3.57. The van der Waals surface area contributed by atoms with Crippen LogP contribution in [0.15, 0.2) is 39.1 Å². The molecule has 0 spiro atoms. The monoisotopic (exact) mass is 393 g/mol. The number of thioether (sulfide) groups is 2. The summed E-state index contributed by atoms with van der Waals surface area (Å²) in [7, 11) is 0. The minimum atomic E-state index is -0.368. The van der Waals surface area contributed by atoms with Crippen LogP contribution in [0.4, 0.5) is 4.39 Å².